The van der Waals surface area contributed by atoms with E-state index in [1.165, 1.54) is 0 Å². The molecule has 1 aliphatic rings. The number of piperidine rings is 1. The number of hydrogen-bond donors (Lipinski definition) is 1. The van der Waals surface area contributed by atoms with Gasteiger partial charge in [0.25, 0.3) is 0 Å². The molecule has 1 fully saturated rings. The molecule has 0 bridgehead atoms. The summed E-state index contributed by atoms with van der Waals surface area (Å²) in [6, 6.07) is 4.27. The van der Waals surface area contributed by atoms with Gasteiger partial charge in [-0.3, -0.25) is 0 Å². The number of rotatable bonds is 4. The van der Waals surface area contributed by atoms with E-state index in [1.807, 2.05) is 12.1 Å². The fourth-order valence-electron chi connectivity index (χ4n) is 2.24. The molecule has 1 saturated heterocycles. The van der Waals surface area contributed by atoms with Gasteiger partial charge in [-0.05, 0) is 43.3 Å². The zero-order valence-electron chi connectivity index (χ0n) is 10.2. The molecule has 1 N–H and O–H groups in total. The first-order valence-electron chi connectivity index (χ1n) is 6.43. The second-order valence-electron chi connectivity index (χ2n) is 4.59. The highest BCUT2D eigenvalue weighted by atomic mass is 16.3. The summed E-state index contributed by atoms with van der Waals surface area (Å²) in [5.74, 6) is 1.76. The highest BCUT2D eigenvalue weighted by Crippen LogP contribution is 2.15. The molecule has 6 nitrogen and oxygen atoms in total. The van der Waals surface area contributed by atoms with E-state index in [4.69, 9.17) is 4.42 Å². The van der Waals surface area contributed by atoms with Crippen LogP contribution in [0, 0.1) is 0 Å². The van der Waals surface area contributed by atoms with Crippen LogP contribution in [-0.4, -0.2) is 33.3 Å². The fourth-order valence-corrected chi connectivity index (χ4v) is 2.24. The molecule has 0 saturated carbocycles. The predicted octanol–water partition coefficient (Wildman–Crippen LogP) is 0.976. The topological polar surface area (TPSA) is 68.8 Å². The summed E-state index contributed by atoms with van der Waals surface area (Å²) in [4.78, 5) is 1.78. The molecule has 0 radical (unpaired) electrons. The van der Waals surface area contributed by atoms with Gasteiger partial charge in [-0.1, -0.05) is 0 Å². The Morgan fingerprint density at radius 1 is 1.33 bits per heavy atom. The van der Waals surface area contributed by atoms with Crippen molar-refractivity contribution < 1.29 is 4.42 Å². The van der Waals surface area contributed by atoms with Crippen LogP contribution in [0.4, 0.5) is 0 Å². The molecule has 96 valence electrons. The van der Waals surface area contributed by atoms with E-state index >= 15 is 0 Å². The van der Waals surface area contributed by atoms with E-state index in [0.717, 1.165) is 50.4 Å². The summed E-state index contributed by atoms with van der Waals surface area (Å²) in [6.07, 6.45) is 5.44. The molecule has 3 heterocycles. The van der Waals surface area contributed by atoms with Crippen molar-refractivity contribution in [1.29, 1.82) is 0 Å². The Morgan fingerprint density at radius 3 is 3.00 bits per heavy atom. The Labute approximate surface area is 105 Å². The van der Waals surface area contributed by atoms with Crippen molar-refractivity contribution in [2.75, 3.05) is 13.1 Å². The van der Waals surface area contributed by atoms with Gasteiger partial charge in [0, 0.05) is 12.8 Å². The molecule has 0 aromatic carbocycles. The average Bonchev–Trinajstić information content (AvgIpc) is 3.09. The maximum absolute atomic E-state index is 5.29. The molecule has 2 aromatic heterocycles. The minimum atomic E-state index is 0.399. The molecule has 1 aliphatic heterocycles. The molecule has 18 heavy (non-hydrogen) atoms. The minimum absolute atomic E-state index is 0.399. The highest BCUT2D eigenvalue weighted by Gasteiger charge is 2.17. The van der Waals surface area contributed by atoms with Crippen molar-refractivity contribution in [3.8, 4) is 0 Å². The second-order valence-corrected chi connectivity index (χ2v) is 4.59. The van der Waals surface area contributed by atoms with Crippen molar-refractivity contribution in [3.05, 3.63) is 30.0 Å². The quantitative estimate of drug-likeness (QED) is 0.872. The van der Waals surface area contributed by atoms with Gasteiger partial charge < -0.3 is 9.73 Å². The van der Waals surface area contributed by atoms with Crippen molar-refractivity contribution in [2.45, 2.75) is 31.7 Å². The summed E-state index contributed by atoms with van der Waals surface area (Å²) in [5.41, 5.74) is 0. The molecular weight excluding hydrogens is 230 g/mol. The number of aryl methyl sites for hydroxylation is 2. The Balaban J connectivity index is 1.59. The third-order valence-electron chi connectivity index (χ3n) is 3.28. The summed E-state index contributed by atoms with van der Waals surface area (Å²) in [6.45, 7) is 2.07. The third kappa shape index (κ3) is 2.59. The van der Waals surface area contributed by atoms with Crippen LogP contribution < -0.4 is 5.32 Å². The van der Waals surface area contributed by atoms with Gasteiger partial charge in [0.2, 0.25) is 0 Å². The van der Waals surface area contributed by atoms with E-state index in [1.54, 1.807) is 11.1 Å². The zero-order valence-corrected chi connectivity index (χ0v) is 10.2. The first-order chi connectivity index (χ1) is 8.92. The van der Waals surface area contributed by atoms with Crippen LogP contribution in [-0.2, 0) is 12.8 Å². The molecule has 0 amide bonds. The molecule has 2 aromatic rings. The van der Waals surface area contributed by atoms with Gasteiger partial charge in [-0.2, -0.15) is 4.80 Å². The number of nitrogens with zero attached hydrogens (tertiary/aromatic N) is 4. The van der Waals surface area contributed by atoms with Crippen LogP contribution >= 0.6 is 0 Å². The lowest BCUT2D eigenvalue weighted by atomic mass is 10.1. The molecule has 0 aliphatic carbocycles. The number of aromatic nitrogens is 4. The molecule has 0 atom stereocenters. The lowest BCUT2D eigenvalue weighted by Crippen LogP contribution is -2.30. The largest absolute Gasteiger partial charge is 0.469 e. The molecule has 6 heteroatoms. The zero-order chi connectivity index (χ0) is 12.2. The number of tetrazole rings is 1. The van der Waals surface area contributed by atoms with Crippen LogP contribution in [0.5, 0.6) is 0 Å². The van der Waals surface area contributed by atoms with Crippen LogP contribution in [0.25, 0.3) is 0 Å². The van der Waals surface area contributed by atoms with Crippen molar-refractivity contribution in [2.24, 2.45) is 0 Å². The standard InChI is InChI=1S/C12H17N5O/c1-2-11(18-9-1)3-4-12-14-16-17(15-12)10-5-7-13-8-6-10/h1-2,9-10,13H,3-8H2. The van der Waals surface area contributed by atoms with Gasteiger partial charge >= 0.3 is 0 Å². The Kier molecular flexibility index (Phi) is 3.36. The van der Waals surface area contributed by atoms with Gasteiger partial charge in [0.05, 0.1) is 12.3 Å². The molecular formula is C12H17N5O. The summed E-state index contributed by atoms with van der Waals surface area (Å²) in [5, 5.41) is 16.1. The Hall–Kier alpha value is -1.69. The summed E-state index contributed by atoms with van der Waals surface area (Å²) in [7, 11) is 0. The van der Waals surface area contributed by atoms with Crippen molar-refractivity contribution in [3.63, 3.8) is 0 Å². The predicted molar refractivity (Wildman–Crippen MR) is 65.1 cm³/mol. The molecule has 0 spiro atoms. The van der Waals surface area contributed by atoms with E-state index < -0.39 is 0 Å². The highest BCUT2D eigenvalue weighted by molar-refractivity contribution is 4.99. The van der Waals surface area contributed by atoms with Gasteiger partial charge in [-0.15, -0.1) is 10.2 Å². The van der Waals surface area contributed by atoms with E-state index in [-0.39, 0.29) is 0 Å². The fraction of sp³-hybridized carbons (Fsp3) is 0.583. The SMILES string of the molecule is c1coc(CCc2nnn(C3CCNCC3)n2)c1. The maximum atomic E-state index is 5.29. The number of nitrogens with one attached hydrogen (secondary N) is 1. The van der Waals surface area contributed by atoms with Crippen molar-refractivity contribution in [1.82, 2.24) is 25.5 Å². The van der Waals surface area contributed by atoms with Crippen LogP contribution in [0.15, 0.2) is 22.8 Å². The van der Waals surface area contributed by atoms with E-state index in [9.17, 15) is 0 Å². The van der Waals surface area contributed by atoms with E-state index in [2.05, 4.69) is 20.7 Å². The Bertz CT molecular complexity index is 472. The average molecular weight is 247 g/mol. The first-order valence-corrected chi connectivity index (χ1v) is 6.43. The number of hydrogen-bond acceptors (Lipinski definition) is 5. The van der Waals surface area contributed by atoms with Crippen molar-refractivity contribution >= 4 is 0 Å². The second kappa shape index (κ2) is 5.30. The lowest BCUT2D eigenvalue weighted by Gasteiger charge is -2.20. The minimum Gasteiger partial charge on any atom is -0.469 e. The van der Waals surface area contributed by atoms with Gasteiger partial charge in [0.15, 0.2) is 5.82 Å². The Morgan fingerprint density at radius 2 is 2.22 bits per heavy atom. The van der Waals surface area contributed by atoms with E-state index in [0.29, 0.717) is 6.04 Å². The summed E-state index contributed by atoms with van der Waals surface area (Å²) >= 11 is 0. The molecule has 0 unspecified atom stereocenters. The maximum Gasteiger partial charge on any atom is 0.175 e. The smallest absolute Gasteiger partial charge is 0.175 e. The van der Waals surface area contributed by atoms with Crippen LogP contribution in [0.3, 0.4) is 0 Å². The van der Waals surface area contributed by atoms with Gasteiger partial charge in [0.1, 0.15) is 5.76 Å². The monoisotopic (exact) mass is 247 g/mol. The normalized spacial score (nSPS) is 17.1. The lowest BCUT2D eigenvalue weighted by molar-refractivity contribution is 0.308. The number of furan rings is 1. The third-order valence-corrected chi connectivity index (χ3v) is 3.28. The van der Waals surface area contributed by atoms with Crippen LogP contribution in [0.1, 0.15) is 30.5 Å². The van der Waals surface area contributed by atoms with Crippen LogP contribution in [0.2, 0.25) is 0 Å². The van der Waals surface area contributed by atoms with Gasteiger partial charge in [-0.25, -0.2) is 0 Å². The molecule has 3 rings (SSSR count). The summed E-state index contributed by atoms with van der Waals surface area (Å²) < 4.78 is 5.29. The first kappa shape index (κ1) is 11.4.